The molecule has 14 heavy (non-hydrogen) atoms. The molecular formula is C13H19N. The van der Waals surface area contributed by atoms with Crippen molar-refractivity contribution in [2.75, 3.05) is 6.54 Å². The van der Waals surface area contributed by atoms with Crippen LogP contribution in [0.3, 0.4) is 0 Å². The van der Waals surface area contributed by atoms with Crippen molar-refractivity contribution in [2.24, 2.45) is 0 Å². The van der Waals surface area contributed by atoms with E-state index in [9.17, 15) is 0 Å². The van der Waals surface area contributed by atoms with Gasteiger partial charge in [0, 0.05) is 6.54 Å². The molecule has 1 heteroatoms. The third kappa shape index (κ3) is 3.65. The van der Waals surface area contributed by atoms with Crippen LogP contribution in [0.5, 0.6) is 0 Å². The lowest BCUT2D eigenvalue weighted by Gasteiger charge is -2.01. The molecule has 0 aromatic carbocycles. The van der Waals surface area contributed by atoms with Crippen LogP contribution in [0.1, 0.15) is 26.2 Å². The predicted octanol–water partition coefficient (Wildman–Crippen LogP) is 3.33. The van der Waals surface area contributed by atoms with Gasteiger partial charge in [0.2, 0.25) is 0 Å². The van der Waals surface area contributed by atoms with Gasteiger partial charge in [-0.15, -0.1) is 0 Å². The van der Waals surface area contributed by atoms with Crippen molar-refractivity contribution in [3.8, 4) is 0 Å². The van der Waals surface area contributed by atoms with E-state index in [0.717, 1.165) is 6.54 Å². The maximum absolute atomic E-state index is 3.63. The molecule has 0 aromatic heterocycles. The standard InChI is InChI=1S/C13H19N/c1-3-12(11-14-4-2)9-10-13-7-5-6-8-13/h3-4,7,9-10,14H,2,5-6,8,11H2,1H3/b10-9-,12-3+. The van der Waals surface area contributed by atoms with E-state index in [0.29, 0.717) is 0 Å². The van der Waals surface area contributed by atoms with Crippen LogP contribution in [0.4, 0.5) is 0 Å². The zero-order valence-corrected chi connectivity index (χ0v) is 8.92. The fourth-order valence-electron chi connectivity index (χ4n) is 1.51. The predicted molar refractivity (Wildman–Crippen MR) is 63.0 cm³/mol. The molecule has 1 aliphatic carbocycles. The third-order valence-electron chi connectivity index (χ3n) is 2.41. The minimum absolute atomic E-state index is 0.865. The Morgan fingerprint density at radius 3 is 3.07 bits per heavy atom. The van der Waals surface area contributed by atoms with E-state index in [1.807, 2.05) is 0 Å². The molecule has 0 heterocycles. The number of hydrogen-bond acceptors (Lipinski definition) is 1. The summed E-state index contributed by atoms with van der Waals surface area (Å²) >= 11 is 0. The number of allylic oxidation sites excluding steroid dienone is 4. The summed E-state index contributed by atoms with van der Waals surface area (Å²) in [6.07, 6.45) is 14.4. The summed E-state index contributed by atoms with van der Waals surface area (Å²) in [6.45, 7) is 6.56. The van der Waals surface area contributed by atoms with Crippen molar-refractivity contribution in [1.29, 1.82) is 0 Å². The summed E-state index contributed by atoms with van der Waals surface area (Å²) in [5.74, 6) is 0. The van der Waals surface area contributed by atoms with Gasteiger partial charge in [0.1, 0.15) is 0 Å². The van der Waals surface area contributed by atoms with E-state index in [4.69, 9.17) is 0 Å². The molecule has 1 rings (SSSR count). The Balaban J connectivity index is 2.43. The summed E-state index contributed by atoms with van der Waals surface area (Å²) in [6, 6.07) is 0. The second-order valence-electron chi connectivity index (χ2n) is 3.45. The molecule has 0 unspecified atom stereocenters. The Labute approximate surface area is 86.9 Å². The first kappa shape index (κ1) is 10.8. The van der Waals surface area contributed by atoms with E-state index in [1.165, 1.54) is 30.4 Å². The second kappa shape index (κ2) is 6.25. The average molecular weight is 189 g/mol. The Morgan fingerprint density at radius 1 is 1.64 bits per heavy atom. The van der Waals surface area contributed by atoms with Crippen molar-refractivity contribution in [1.82, 2.24) is 5.32 Å². The molecule has 0 spiro atoms. The van der Waals surface area contributed by atoms with Crippen LogP contribution in [-0.2, 0) is 0 Å². The Bertz CT molecular complexity index is 269. The SMILES string of the molecule is C=CNCC(/C=C\C1=CCCC1)=C/C. The summed E-state index contributed by atoms with van der Waals surface area (Å²) in [5.41, 5.74) is 2.78. The van der Waals surface area contributed by atoms with Crippen LogP contribution < -0.4 is 5.32 Å². The van der Waals surface area contributed by atoms with E-state index < -0.39 is 0 Å². The summed E-state index contributed by atoms with van der Waals surface area (Å²) in [5, 5.41) is 3.10. The fourth-order valence-corrected chi connectivity index (χ4v) is 1.51. The number of nitrogens with one attached hydrogen (secondary N) is 1. The molecule has 0 saturated heterocycles. The highest BCUT2D eigenvalue weighted by atomic mass is 14.8. The van der Waals surface area contributed by atoms with Crippen LogP contribution in [0, 0.1) is 0 Å². The maximum atomic E-state index is 3.63. The zero-order chi connectivity index (χ0) is 10.2. The van der Waals surface area contributed by atoms with Gasteiger partial charge in [-0.2, -0.15) is 0 Å². The Hall–Kier alpha value is -1.24. The first-order chi connectivity index (χ1) is 6.86. The van der Waals surface area contributed by atoms with Gasteiger partial charge >= 0.3 is 0 Å². The van der Waals surface area contributed by atoms with Crippen molar-refractivity contribution in [2.45, 2.75) is 26.2 Å². The minimum atomic E-state index is 0.865. The molecule has 76 valence electrons. The third-order valence-corrected chi connectivity index (χ3v) is 2.41. The lowest BCUT2D eigenvalue weighted by Crippen LogP contribution is -2.07. The topological polar surface area (TPSA) is 12.0 Å². The molecular weight excluding hydrogens is 170 g/mol. The summed E-state index contributed by atoms with van der Waals surface area (Å²) in [7, 11) is 0. The Morgan fingerprint density at radius 2 is 2.50 bits per heavy atom. The van der Waals surface area contributed by atoms with Crippen molar-refractivity contribution in [3.05, 3.63) is 48.2 Å². The molecule has 0 aromatic rings. The molecule has 0 bridgehead atoms. The lowest BCUT2D eigenvalue weighted by molar-refractivity contribution is 0.915. The van der Waals surface area contributed by atoms with Gasteiger partial charge < -0.3 is 5.32 Å². The first-order valence-corrected chi connectivity index (χ1v) is 5.23. The molecule has 1 aliphatic rings. The van der Waals surface area contributed by atoms with Gasteiger partial charge in [-0.1, -0.05) is 36.5 Å². The van der Waals surface area contributed by atoms with Crippen LogP contribution in [-0.4, -0.2) is 6.54 Å². The van der Waals surface area contributed by atoms with Gasteiger partial charge in [0.05, 0.1) is 0 Å². The second-order valence-corrected chi connectivity index (χ2v) is 3.45. The van der Waals surface area contributed by atoms with Crippen molar-refractivity contribution in [3.63, 3.8) is 0 Å². The molecule has 0 fully saturated rings. The average Bonchev–Trinajstić information content (AvgIpc) is 2.71. The normalized spacial score (nSPS) is 17.2. The van der Waals surface area contributed by atoms with Crippen LogP contribution in [0.15, 0.2) is 48.2 Å². The smallest absolute Gasteiger partial charge is 0.0391 e. The van der Waals surface area contributed by atoms with Gasteiger partial charge in [-0.3, -0.25) is 0 Å². The van der Waals surface area contributed by atoms with Gasteiger partial charge in [0.15, 0.2) is 0 Å². The number of rotatable bonds is 5. The quantitative estimate of drug-likeness (QED) is 0.654. The van der Waals surface area contributed by atoms with Crippen LogP contribution in [0.2, 0.25) is 0 Å². The first-order valence-electron chi connectivity index (χ1n) is 5.23. The summed E-state index contributed by atoms with van der Waals surface area (Å²) < 4.78 is 0. The molecule has 0 atom stereocenters. The van der Waals surface area contributed by atoms with Crippen LogP contribution >= 0.6 is 0 Å². The highest BCUT2D eigenvalue weighted by Crippen LogP contribution is 2.18. The zero-order valence-electron chi connectivity index (χ0n) is 8.92. The molecule has 0 aliphatic heterocycles. The van der Waals surface area contributed by atoms with E-state index in [2.05, 4.69) is 43.1 Å². The molecule has 0 saturated carbocycles. The van der Waals surface area contributed by atoms with Crippen LogP contribution in [0.25, 0.3) is 0 Å². The van der Waals surface area contributed by atoms with E-state index >= 15 is 0 Å². The van der Waals surface area contributed by atoms with Gasteiger partial charge in [-0.05, 0) is 38.0 Å². The minimum Gasteiger partial charge on any atom is -0.387 e. The molecule has 1 N–H and O–H groups in total. The van der Waals surface area contributed by atoms with Crippen molar-refractivity contribution < 1.29 is 0 Å². The van der Waals surface area contributed by atoms with E-state index in [-0.39, 0.29) is 0 Å². The number of hydrogen-bond donors (Lipinski definition) is 1. The van der Waals surface area contributed by atoms with Gasteiger partial charge in [-0.25, -0.2) is 0 Å². The Kier molecular flexibility index (Phi) is 4.84. The monoisotopic (exact) mass is 189 g/mol. The van der Waals surface area contributed by atoms with Gasteiger partial charge in [0.25, 0.3) is 0 Å². The largest absolute Gasteiger partial charge is 0.387 e. The molecule has 0 radical (unpaired) electrons. The molecule has 1 nitrogen and oxygen atoms in total. The summed E-state index contributed by atoms with van der Waals surface area (Å²) in [4.78, 5) is 0. The lowest BCUT2D eigenvalue weighted by atomic mass is 10.1. The molecule has 0 amide bonds. The van der Waals surface area contributed by atoms with E-state index in [1.54, 1.807) is 6.20 Å². The highest BCUT2D eigenvalue weighted by Gasteiger charge is 1.99. The maximum Gasteiger partial charge on any atom is 0.0391 e. The van der Waals surface area contributed by atoms with Crippen molar-refractivity contribution >= 4 is 0 Å². The highest BCUT2D eigenvalue weighted by molar-refractivity contribution is 5.30. The fraction of sp³-hybridized carbons (Fsp3) is 0.385.